The van der Waals surface area contributed by atoms with Crippen molar-refractivity contribution in [1.29, 1.82) is 0 Å². The number of aliphatic imine (C=N–C) groups is 1. The van der Waals surface area contributed by atoms with Gasteiger partial charge in [0, 0.05) is 29.4 Å². The van der Waals surface area contributed by atoms with E-state index in [-0.39, 0.29) is 29.4 Å². The van der Waals surface area contributed by atoms with Gasteiger partial charge in [-0.3, -0.25) is 4.99 Å². The molecule has 0 aliphatic rings. The molecule has 0 atom stereocenters. The molecule has 8 heteroatoms. The monoisotopic (exact) mass is 494 g/mol. The Labute approximate surface area is 175 Å². The van der Waals surface area contributed by atoms with E-state index in [2.05, 4.69) is 41.4 Å². The zero-order valence-corrected chi connectivity index (χ0v) is 18.7. The van der Waals surface area contributed by atoms with Gasteiger partial charge in [-0.1, -0.05) is 32.4 Å². The molecule has 3 N–H and O–H groups in total. The van der Waals surface area contributed by atoms with Crippen LogP contribution < -0.4 is 15.8 Å². The number of ether oxygens (including phenoxy) is 1. The Bertz CT molecular complexity index is 728. The van der Waals surface area contributed by atoms with E-state index in [1.807, 2.05) is 6.07 Å². The Morgan fingerprint density at radius 1 is 1.40 bits per heavy atom. The average Bonchev–Trinajstić information content (AvgIpc) is 2.96. The zero-order chi connectivity index (χ0) is 17.7. The van der Waals surface area contributed by atoms with E-state index >= 15 is 0 Å². The number of anilines is 1. The molecule has 1 aromatic heterocycles. The van der Waals surface area contributed by atoms with Gasteiger partial charge in [0.05, 0.1) is 22.8 Å². The summed E-state index contributed by atoms with van der Waals surface area (Å²) in [6.45, 7) is 7.06. The Morgan fingerprint density at radius 3 is 2.68 bits per heavy atom. The Morgan fingerprint density at radius 2 is 2.12 bits per heavy atom. The molecule has 0 radical (unpaired) electrons. The molecule has 0 aliphatic heterocycles. The van der Waals surface area contributed by atoms with Gasteiger partial charge in [0.15, 0.2) is 5.96 Å². The third-order valence-electron chi connectivity index (χ3n) is 3.35. The number of methoxy groups -OCH3 is 1. The number of hydrogen-bond acceptors (Lipinski definition) is 4. The molecule has 2 rings (SSSR count). The van der Waals surface area contributed by atoms with Gasteiger partial charge < -0.3 is 15.8 Å². The summed E-state index contributed by atoms with van der Waals surface area (Å²) in [5.74, 6) is 0.972. The van der Waals surface area contributed by atoms with Crippen molar-refractivity contribution in [3.8, 4) is 5.75 Å². The molecule has 138 valence electrons. The number of nitrogens with one attached hydrogen (secondary N) is 1. The highest BCUT2D eigenvalue weighted by Gasteiger charge is 2.17. The molecule has 0 fully saturated rings. The van der Waals surface area contributed by atoms with Gasteiger partial charge in [-0.05, 0) is 18.2 Å². The van der Waals surface area contributed by atoms with Crippen molar-refractivity contribution in [2.45, 2.75) is 32.6 Å². The van der Waals surface area contributed by atoms with Gasteiger partial charge in [-0.15, -0.1) is 35.3 Å². The second kappa shape index (κ2) is 9.59. The molecule has 1 heterocycles. The van der Waals surface area contributed by atoms with Crippen molar-refractivity contribution in [1.82, 2.24) is 4.98 Å². The van der Waals surface area contributed by atoms with Crippen LogP contribution in [-0.2, 0) is 11.8 Å². The molecule has 0 unspecified atom stereocenters. The van der Waals surface area contributed by atoms with Crippen LogP contribution in [0.4, 0.5) is 5.69 Å². The summed E-state index contributed by atoms with van der Waals surface area (Å²) in [6.07, 6.45) is 0.770. The molecule has 1 aromatic carbocycles. The van der Waals surface area contributed by atoms with Crippen molar-refractivity contribution in [2.75, 3.05) is 19.0 Å². The molecule has 0 spiro atoms. The van der Waals surface area contributed by atoms with Gasteiger partial charge in [0.25, 0.3) is 0 Å². The summed E-state index contributed by atoms with van der Waals surface area (Å²) in [5.41, 5.74) is 7.87. The maximum absolute atomic E-state index is 6.08. The first kappa shape index (κ1) is 22.0. The molecule has 0 saturated carbocycles. The van der Waals surface area contributed by atoms with E-state index in [9.17, 15) is 0 Å². The van der Waals surface area contributed by atoms with Crippen molar-refractivity contribution >= 4 is 58.6 Å². The number of aromatic nitrogens is 1. The smallest absolute Gasteiger partial charge is 0.193 e. The van der Waals surface area contributed by atoms with E-state index < -0.39 is 0 Å². The van der Waals surface area contributed by atoms with Crippen molar-refractivity contribution < 1.29 is 4.74 Å². The standard InChI is InChI=1S/C17H23ClN4OS.HI/c1-17(2,3)14-10-24-15(22-14)7-8-20-16(19)21-11-5-6-13(23-4)12(18)9-11;/h5-6,9-10H,7-8H2,1-4H3,(H3,19,20,21);1H. The van der Waals surface area contributed by atoms with Crippen LogP contribution in [0.15, 0.2) is 28.6 Å². The SMILES string of the molecule is COc1ccc(NC(N)=NCCc2nc(C(C)(C)C)cs2)cc1Cl.I. The van der Waals surface area contributed by atoms with Crippen molar-refractivity contribution in [2.24, 2.45) is 10.7 Å². The van der Waals surface area contributed by atoms with Crippen molar-refractivity contribution in [3.63, 3.8) is 0 Å². The molecule has 5 nitrogen and oxygen atoms in total. The summed E-state index contributed by atoms with van der Waals surface area (Å²) < 4.78 is 5.12. The summed E-state index contributed by atoms with van der Waals surface area (Å²) in [7, 11) is 1.58. The van der Waals surface area contributed by atoms with Crippen LogP contribution in [0.3, 0.4) is 0 Å². The van der Waals surface area contributed by atoms with Gasteiger partial charge in [0.2, 0.25) is 0 Å². The number of nitrogens with two attached hydrogens (primary N) is 1. The quantitative estimate of drug-likeness (QED) is 0.359. The molecule has 0 saturated heterocycles. The molecule has 0 bridgehead atoms. The predicted octanol–water partition coefficient (Wildman–Crippen LogP) is 4.69. The molecule has 2 aromatic rings. The third-order valence-corrected chi connectivity index (χ3v) is 4.56. The maximum Gasteiger partial charge on any atom is 0.193 e. The fourth-order valence-corrected chi connectivity index (χ4v) is 3.25. The second-order valence-corrected chi connectivity index (χ2v) is 7.72. The van der Waals surface area contributed by atoms with Crippen LogP contribution in [0.5, 0.6) is 5.75 Å². The lowest BCUT2D eigenvalue weighted by atomic mass is 9.93. The Balaban J connectivity index is 0.00000312. The van der Waals surface area contributed by atoms with Gasteiger partial charge in [-0.2, -0.15) is 0 Å². The number of hydrogen-bond donors (Lipinski definition) is 2. The highest BCUT2D eigenvalue weighted by molar-refractivity contribution is 14.0. The first-order valence-corrected chi connectivity index (χ1v) is 8.90. The molecule has 25 heavy (non-hydrogen) atoms. The van der Waals surface area contributed by atoms with Crippen LogP contribution in [0, 0.1) is 0 Å². The van der Waals surface area contributed by atoms with E-state index in [0.717, 1.165) is 22.8 Å². The normalized spacial score (nSPS) is 11.8. The topological polar surface area (TPSA) is 72.5 Å². The Kier molecular flexibility index (Phi) is 8.43. The lowest BCUT2D eigenvalue weighted by Gasteiger charge is -2.14. The number of nitrogens with zero attached hydrogens (tertiary/aromatic N) is 2. The predicted molar refractivity (Wildman–Crippen MR) is 118 cm³/mol. The number of rotatable bonds is 5. The van der Waals surface area contributed by atoms with Gasteiger partial charge >= 0.3 is 0 Å². The first-order chi connectivity index (χ1) is 11.3. The summed E-state index contributed by atoms with van der Waals surface area (Å²) in [4.78, 5) is 8.98. The van der Waals surface area contributed by atoms with E-state index in [1.165, 1.54) is 0 Å². The van der Waals surface area contributed by atoms with E-state index in [4.69, 9.17) is 22.1 Å². The van der Waals surface area contributed by atoms with Crippen LogP contribution in [-0.4, -0.2) is 24.6 Å². The summed E-state index contributed by atoms with van der Waals surface area (Å²) in [6, 6.07) is 5.37. The zero-order valence-electron chi connectivity index (χ0n) is 14.8. The van der Waals surface area contributed by atoms with Crippen LogP contribution in [0.25, 0.3) is 0 Å². The van der Waals surface area contributed by atoms with Crippen LogP contribution in [0.2, 0.25) is 5.02 Å². The number of benzene rings is 1. The molecule has 0 aliphatic carbocycles. The fourth-order valence-electron chi connectivity index (χ4n) is 1.97. The van der Waals surface area contributed by atoms with Crippen LogP contribution >= 0.6 is 46.9 Å². The fraction of sp³-hybridized carbons (Fsp3) is 0.412. The summed E-state index contributed by atoms with van der Waals surface area (Å²) in [5, 5.41) is 6.73. The number of halogens is 2. The largest absolute Gasteiger partial charge is 0.495 e. The average molecular weight is 495 g/mol. The summed E-state index contributed by atoms with van der Waals surface area (Å²) >= 11 is 7.75. The lowest BCUT2D eigenvalue weighted by Crippen LogP contribution is -2.23. The third kappa shape index (κ3) is 6.63. The number of guanidine groups is 1. The van der Waals surface area contributed by atoms with Gasteiger partial charge in [-0.25, -0.2) is 4.98 Å². The first-order valence-electron chi connectivity index (χ1n) is 7.65. The maximum atomic E-state index is 6.08. The van der Waals surface area contributed by atoms with E-state index in [0.29, 0.717) is 23.3 Å². The number of thiazole rings is 1. The minimum absolute atomic E-state index is 0. The highest BCUT2D eigenvalue weighted by atomic mass is 127. The minimum Gasteiger partial charge on any atom is -0.495 e. The van der Waals surface area contributed by atoms with Gasteiger partial charge in [0.1, 0.15) is 5.75 Å². The van der Waals surface area contributed by atoms with Crippen molar-refractivity contribution in [3.05, 3.63) is 39.3 Å². The van der Waals surface area contributed by atoms with E-state index in [1.54, 1.807) is 30.6 Å². The molecular formula is C17H24ClIN4OS. The highest BCUT2D eigenvalue weighted by Crippen LogP contribution is 2.27. The second-order valence-electron chi connectivity index (χ2n) is 6.37. The lowest BCUT2D eigenvalue weighted by molar-refractivity contribution is 0.415. The molecule has 0 amide bonds. The Hall–Kier alpha value is -1.06. The van der Waals surface area contributed by atoms with Crippen LogP contribution in [0.1, 0.15) is 31.5 Å². The molecular weight excluding hydrogens is 471 g/mol. The minimum atomic E-state index is 0.